The maximum absolute atomic E-state index is 12.8. The molecule has 0 fully saturated rings. The van der Waals surface area contributed by atoms with Gasteiger partial charge in [0.15, 0.2) is 0 Å². The monoisotopic (exact) mass is 484 g/mol. The summed E-state index contributed by atoms with van der Waals surface area (Å²) in [6.45, 7) is 0.681. The highest BCUT2D eigenvalue weighted by molar-refractivity contribution is 9.10. The van der Waals surface area contributed by atoms with Gasteiger partial charge in [0, 0.05) is 23.8 Å². The van der Waals surface area contributed by atoms with Crippen molar-refractivity contribution >= 4 is 43.2 Å². The van der Waals surface area contributed by atoms with E-state index in [4.69, 9.17) is 0 Å². The van der Waals surface area contributed by atoms with Crippen molar-refractivity contribution in [2.75, 3.05) is 22.8 Å². The number of benzene rings is 3. The highest BCUT2D eigenvalue weighted by Gasteiger charge is 2.25. The van der Waals surface area contributed by atoms with Gasteiger partial charge in [-0.2, -0.15) is 0 Å². The molecule has 0 atom stereocenters. The zero-order valence-electron chi connectivity index (χ0n) is 16.5. The molecule has 1 aliphatic heterocycles. The standard InChI is InChI=1S/C23H21BrN2O3S/c1-25(30(28,29)21-5-3-2-4-6-21)20-10-7-17(8-11-20)15-23(27)26-14-13-18-16-19(24)9-12-22(18)26/h2-12,16H,13-15H2,1H3. The molecule has 154 valence electrons. The van der Waals surface area contributed by atoms with Gasteiger partial charge in [0.1, 0.15) is 0 Å². The van der Waals surface area contributed by atoms with Crippen molar-refractivity contribution in [3.8, 4) is 0 Å². The summed E-state index contributed by atoms with van der Waals surface area (Å²) in [4.78, 5) is 14.9. The van der Waals surface area contributed by atoms with Gasteiger partial charge in [-0.15, -0.1) is 0 Å². The minimum absolute atomic E-state index is 0.0362. The molecule has 1 amide bonds. The lowest BCUT2D eigenvalue weighted by Gasteiger charge is -2.20. The average Bonchev–Trinajstić information content (AvgIpc) is 3.17. The van der Waals surface area contributed by atoms with Crippen molar-refractivity contribution in [3.63, 3.8) is 0 Å². The molecule has 0 bridgehead atoms. The number of carbonyl (C=O) groups excluding carboxylic acids is 1. The van der Waals surface area contributed by atoms with Gasteiger partial charge in [0.05, 0.1) is 17.0 Å². The number of hydrogen-bond donors (Lipinski definition) is 0. The van der Waals surface area contributed by atoms with Gasteiger partial charge in [0.25, 0.3) is 10.0 Å². The first-order valence-corrected chi connectivity index (χ1v) is 11.8. The Kier molecular flexibility index (Phi) is 5.66. The molecule has 0 unspecified atom stereocenters. The van der Waals surface area contributed by atoms with E-state index >= 15 is 0 Å². The number of anilines is 2. The first-order valence-electron chi connectivity index (χ1n) is 9.58. The molecule has 3 aromatic carbocycles. The number of carbonyl (C=O) groups is 1. The van der Waals surface area contributed by atoms with Crippen LogP contribution in [0.25, 0.3) is 0 Å². The lowest BCUT2D eigenvalue weighted by molar-refractivity contribution is -0.117. The maximum atomic E-state index is 12.8. The van der Waals surface area contributed by atoms with E-state index in [2.05, 4.69) is 22.0 Å². The van der Waals surface area contributed by atoms with Gasteiger partial charge in [-0.25, -0.2) is 8.42 Å². The van der Waals surface area contributed by atoms with Crippen molar-refractivity contribution in [1.29, 1.82) is 0 Å². The van der Waals surface area contributed by atoms with E-state index in [1.807, 2.05) is 29.2 Å². The van der Waals surface area contributed by atoms with Gasteiger partial charge in [-0.3, -0.25) is 9.10 Å². The summed E-state index contributed by atoms with van der Waals surface area (Å²) >= 11 is 3.47. The van der Waals surface area contributed by atoms with Crippen LogP contribution in [0.4, 0.5) is 11.4 Å². The highest BCUT2D eigenvalue weighted by Crippen LogP contribution is 2.31. The summed E-state index contributed by atoms with van der Waals surface area (Å²) in [5.41, 5.74) is 3.53. The van der Waals surface area contributed by atoms with Crippen LogP contribution in [0.15, 0.2) is 82.2 Å². The topological polar surface area (TPSA) is 57.7 Å². The van der Waals surface area contributed by atoms with Crippen LogP contribution in [0, 0.1) is 0 Å². The van der Waals surface area contributed by atoms with Crippen LogP contribution in [0.3, 0.4) is 0 Å². The molecule has 3 aromatic rings. The summed E-state index contributed by atoms with van der Waals surface area (Å²) < 4.78 is 27.8. The molecular weight excluding hydrogens is 464 g/mol. The van der Waals surface area contributed by atoms with E-state index in [0.717, 1.165) is 22.1 Å². The number of halogens is 1. The molecule has 0 aliphatic carbocycles. The van der Waals surface area contributed by atoms with E-state index in [-0.39, 0.29) is 17.2 Å². The molecule has 1 aliphatic rings. The molecule has 4 rings (SSSR count). The predicted octanol–water partition coefficient (Wildman–Crippen LogP) is 4.41. The number of hydrogen-bond acceptors (Lipinski definition) is 3. The Morgan fingerprint density at radius 1 is 1.03 bits per heavy atom. The Morgan fingerprint density at radius 3 is 2.43 bits per heavy atom. The fraction of sp³-hybridized carbons (Fsp3) is 0.174. The molecule has 0 radical (unpaired) electrons. The molecule has 0 aromatic heterocycles. The van der Waals surface area contributed by atoms with Gasteiger partial charge in [-0.05, 0) is 60.0 Å². The molecular formula is C23H21BrN2O3S. The maximum Gasteiger partial charge on any atom is 0.264 e. The van der Waals surface area contributed by atoms with Gasteiger partial charge < -0.3 is 4.90 Å². The summed E-state index contributed by atoms with van der Waals surface area (Å²) in [5, 5.41) is 0. The molecule has 1 heterocycles. The second-order valence-corrected chi connectivity index (χ2v) is 10.1. The number of rotatable bonds is 5. The Bertz CT molecular complexity index is 1180. The van der Waals surface area contributed by atoms with Crippen molar-refractivity contribution < 1.29 is 13.2 Å². The molecule has 7 heteroatoms. The quantitative estimate of drug-likeness (QED) is 0.538. The number of fused-ring (bicyclic) bond motifs is 1. The molecule has 0 saturated carbocycles. The van der Waals surface area contributed by atoms with Crippen LogP contribution >= 0.6 is 15.9 Å². The van der Waals surface area contributed by atoms with Crippen LogP contribution in [0.1, 0.15) is 11.1 Å². The molecule has 0 spiro atoms. The van der Waals surface area contributed by atoms with E-state index in [1.54, 1.807) is 42.5 Å². The van der Waals surface area contributed by atoms with Gasteiger partial charge in [0.2, 0.25) is 5.91 Å². The van der Waals surface area contributed by atoms with Gasteiger partial charge >= 0.3 is 0 Å². The Morgan fingerprint density at radius 2 is 1.73 bits per heavy atom. The molecule has 30 heavy (non-hydrogen) atoms. The third-order valence-electron chi connectivity index (χ3n) is 5.30. The van der Waals surface area contributed by atoms with E-state index in [1.165, 1.54) is 16.9 Å². The number of amides is 1. The Labute approximate surface area is 185 Å². The third-order valence-corrected chi connectivity index (χ3v) is 7.59. The van der Waals surface area contributed by atoms with Crippen molar-refractivity contribution in [2.24, 2.45) is 0 Å². The Balaban J connectivity index is 1.48. The van der Waals surface area contributed by atoms with Crippen LogP contribution < -0.4 is 9.21 Å². The van der Waals surface area contributed by atoms with Crippen molar-refractivity contribution in [1.82, 2.24) is 0 Å². The van der Waals surface area contributed by atoms with Crippen LogP contribution in [-0.4, -0.2) is 27.9 Å². The van der Waals surface area contributed by atoms with Gasteiger partial charge in [-0.1, -0.05) is 46.3 Å². The summed E-state index contributed by atoms with van der Waals surface area (Å²) in [6, 6.07) is 21.4. The second-order valence-electron chi connectivity index (χ2n) is 7.20. The molecule has 5 nitrogen and oxygen atoms in total. The fourth-order valence-corrected chi connectivity index (χ4v) is 5.24. The molecule has 0 saturated heterocycles. The van der Waals surface area contributed by atoms with E-state index in [9.17, 15) is 13.2 Å². The first kappa shape index (κ1) is 20.6. The normalized spacial score (nSPS) is 13.2. The first-order chi connectivity index (χ1) is 14.4. The van der Waals surface area contributed by atoms with E-state index in [0.29, 0.717) is 12.2 Å². The average molecular weight is 485 g/mol. The van der Waals surface area contributed by atoms with Crippen LogP contribution in [-0.2, 0) is 27.7 Å². The molecule has 0 N–H and O–H groups in total. The Hall–Kier alpha value is -2.64. The third kappa shape index (κ3) is 4.00. The minimum atomic E-state index is -3.62. The lowest BCUT2D eigenvalue weighted by atomic mass is 10.1. The van der Waals surface area contributed by atoms with Crippen LogP contribution in [0.5, 0.6) is 0 Å². The lowest BCUT2D eigenvalue weighted by Crippen LogP contribution is -2.30. The van der Waals surface area contributed by atoms with Crippen molar-refractivity contribution in [2.45, 2.75) is 17.7 Å². The largest absolute Gasteiger partial charge is 0.312 e. The SMILES string of the molecule is CN(c1ccc(CC(=O)N2CCc3cc(Br)ccc32)cc1)S(=O)(=O)c1ccccc1. The summed E-state index contributed by atoms with van der Waals surface area (Å²) in [7, 11) is -2.09. The smallest absolute Gasteiger partial charge is 0.264 e. The number of sulfonamides is 1. The number of nitrogens with zero attached hydrogens (tertiary/aromatic N) is 2. The summed E-state index contributed by atoms with van der Waals surface area (Å²) in [6.07, 6.45) is 1.12. The zero-order valence-corrected chi connectivity index (χ0v) is 18.9. The van der Waals surface area contributed by atoms with Crippen LogP contribution in [0.2, 0.25) is 0 Å². The second kappa shape index (κ2) is 8.24. The summed E-state index contributed by atoms with van der Waals surface area (Å²) in [5.74, 6) is 0.0362. The predicted molar refractivity (Wildman–Crippen MR) is 122 cm³/mol. The fourth-order valence-electron chi connectivity index (χ4n) is 3.61. The minimum Gasteiger partial charge on any atom is -0.312 e. The van der Waals surface area contributed by atoms with Crippen molar-refractivity contribution in [3.05, 3.63) is 88.4 Å². The highest BCUT2D eigenvalue weighted by atomic mass is 79.9. The zero-order chi connectivity index (χ0) is 21.3. The van der Waals surface area contributed by atoms with E-state index < -0.39 is 10.0 Å².